The molecular weight excluding hydrogens is 425 g/mol. The van der Waals surface area contributed by atoms with E-state index in [9.17, 15) is 18.8 Å². The first-order valence-corrected chi connectivity index (χ1v) is 10.1. The van der Waals surface area contributed by atoms with E-state index in [0.29, 0.717) is 22.7 Å². The van der Waals surface area contributed by atoms with E-state index in [1.165, 1.54) is 25.1 Å². The smallest absolute Gasteiger partial charge is 0.282 e. The Balaban J connectivity index is 1.78. The van der Waals surface area contributed by atoms with E-state index in [1.807, 2.05) is 0 Å². The molecular formula is C25H20FN3O4. The molecule has 3 amide bonds. The van der Waals surface area contributed by atoms with Gasteiger partial charge in [0.05, 0.1) is 18.4 Å². The van der Waals surface area contributed by atoms with Gasteiger partial charge in [0.2, 0.25) is 5.91 Å². The minimum atomic E-state index is -0.690. The summed E-state index contributed by atoms with van der Waals surface area (Å²) in [6.07, 6.45) is 0. The second-order valence-corrected chi connectivity index (χ2v) is 7.26. The van der Waals surface area contributed by atoms with Crippen LogP contribution >= 0.6 is 0 Å². The van der Waals surface area contributed by atoms with E-state index in [0.717, 1.165) is 4.90 Å². The molecule has 33 heavy (non-hydrogen) atoms. The Morgan fingerprint density at radius 3 is 2.12 bits per heavy atom. The van der Waals surface area contributed by atoms with Crippen molar-refractivity contribution in [1.29, 1.82) is 0 Å². The van der Waals surface area contributed by atoms with Gasteiger partial charge in [0.15, 0.2) is 0 Å². The SMILES string of the molecule is COc1ccc(NC2=C(c3ccc(NC(C)=O)cc3)C(=O)N(c3ccccc3F)C2=O)cc1. The van der Waals surface area contributed by atoms with Gasteiger partial charge in [0, 0.05) is 18.3 Å². The molecule has 8 heteroatoms. The van der Waals surface area contributed by atoms with Crippen LogP contribution in [0, 0.1) is 5.82 Å². The lowest BCUT2D eigenvalue weighted by Gasteiger charge is -2.16. The van der Waals surface area contributed by atoms with Crippen molar-refractivity contribution in [2.45, 2.75) is 6.92 Å². The molecule has 7 nitrogen and oxygen atoms in total. The molecule has 4 rings (SSSR count). The highest BCUT2D eigenvalue weighted by molar-refractivity contribution is 6.46. The molecule has 0 atom stereocenters. The van der Waals surface area contributed by atoms with Crippen molar-refractivity contribution >= 4 is 40.4 Å². The lowest BCUT2D eigenvalue weighted by molar-refractivity contribution is -0.120. The summed E-state index contributed by atoms with van der Waals surface area (Å²) in [7, 11) is 1.54. The van der Waals surface area contributed by atoms with Crippen LogP contribution < -0.4 is 20.3 Å². The summed E-state index contributed by atoms with van der Waals surface area (Å²) in [6, 6.07) is 18.9. The van der Waals surface area contributed by atoms with Gasteiger partial charge in [0.25, 0.3) is 11.8 Å². The highest BCUT2D eigenvalue weighted by Gasteiger charge is 2.41. The summed E-state index contributed by atoms with van der Waals surface area (Å²) >= 11 is 0. The minimum absolute atomic E-state index is 0.0145. The summed E-state index contributed by atoms with van der Waals surface area (Å²) in [5.41, 5.74) is 1.51. The lowest BCUT2D eigenvalue weighted by atomic mass is 10.0. The number of hydrogen-bond donors (Lipinski definition) is 2. The number of para-hydroxylation sites is 1. The highest BCUT2D eigenvalue weighted by Crippen LogP contribution is 2.35. The number of rotatable bonds is 6. The summed E-state index contributed by atoms with van der Waals surface area (Å²) < 4.78 is 19.6. The predicted octanol–water partition coefficient (Wildman–Crippen LogP) is 4.19. The fourth-order valence-electron chi connectivity index (χ4n) is 3.51. The number of methoxy groups -OCH3 is 1. The van der Waals surface area contributed by atoms with Crippen LogP contribution in [-0.4, -0.2) is 24.8 Å². The Bertz CT molecular complexity index is 1270. The van der Waals surface area contributed by atoms with E-state index in [-0.39, 0.29) is 22.9 Å². The largest absolute Gasteiger partial charge is 0.497 e. The molecule has 166 valence electrons. The molecule has 0 aliphatic carbocycles. The predicted molar refractivity (Wildman–Crippen MR) is 123 cm³/mol. The molecule has 1 heterocycles. The molecule has 0 saturated heterocycles. The Kier molecular flexibility index (Phi) is 5.91. The number of anilines is 3. The van der Waals surface area contributed by atoms with Crippen molar-refractivity contribution in [2.24, 2.45) is 0 Å². The Labute approximate surface area is 189 Å². The van der Waals surface area contributed by atoms with Gasteiger partial charge in [-0.25, -0.2) is 9.29 Å². The van der Waals surface area contributed by atoms with Gasteiger partial charge in [-0.1, -0.05) is 24.3 Å². The standard InChI is InChI=1S/C25H20FN3O4/c1-15(30)27-17-9-7-16(8-10-17)22-23(28-18-11-13-19(33-2)14-12-18)25(32)29(24(22)31)21-6-4-3-5-20(21)26/h3-14,28H,1-2H3,(H,27,30). The number of amides is 3. The summed E-state index contributed by atoms with van der Waals surface area (Å²) in [6.45, 7) is 1.39. The lowest BCUT2D eigenvalue weighted by Crippen LogP contribution is -2.33. The zero-order chi connectivity index (χ0) is 23.5. The Morgan fingerprint density at radius 2 is 1.52 bits per heavy atom. The fraction of sp³-hybridized carbons (Fsp3) is 0.0800. The fourth-order valence-corrected chi connectivity index (χ4v) is 3.51. The minimum Gasteiger partial charge on any atom is -0.497 e. The van der Waals surface area contributed by atoms with Gasteiger partial charge in [-0.15, -0.1) is 0 Å². The Hall–Kier alpha value is -4.46. The molecule has 0 aromatic heterocycles. The molecule has 0 saturated carbocycles. The third-order valence-corrected chi connectivity index (χ3v) is 5.03. The molecule has 0 radical (unpaired) electrons. The van der Waals surface area contributed by atoms with E-state index < -0.39 is 17.6 Å². The zero-order valence-corrected chi connectivity index (χ0v) is 17.9. The second kappa shape index (κ2) is 8.96. The molecule has 0 unspecified atom stereocenters. The van der Waals surface area contributed by atoms with Crippen molar-refractivity contribution in [1.82, 2.24) is 0 Å². The first-order valence-electron chi connectivity index (χ1n) is 10.1. The van der Waals surface area contributed by atoms with Crippen LogP contribution in [0.15, 0.2) is 78.5 Å². The molecule has 1 aliphatic heterocycles. The average Bonchev–Trinajstić information content (AvgIpc) is 3.04. The third-order valence-electron chi connectivity index (χ3n) is 5.03. The first-order chi connectivity index (χ1) is 15.9. The van der Waals surface area contributed by atoms with Crippen LogP contribution in [0.5, 0.6) is 5.75 Å². The summed E-state index contributed by atoms with van der Waals surface area (Å²) in [5.74, 6) is -1.63. The zero-order valence-electron chi connectivity index (χ0n) is 17.9. The van der Waals surface area contributed by atoms with Crippen molar-refractivity contribution in [3.8, 4) is 5.75 Å². The van der Waals surface area contributed by atoms with E-state index >= 15 is 0 Å². The van der Waals surface area contributed by atoms with E-state index in [1.54, 1.807) is 61.7 Å². The average molecular weight is 445 g/mol. The maximum atomic E-state index is 14.5. The molecule has 2 N–H and O–H groups in total. The van der Waals surface area contributed by atoms with Gasteiger partial charge < -0.3 is 15.4 Å². The number of hydrogen-bond acceptors (Lipinski definition) is 5. The molecule has 3 aromatic carbocycles. The van der Waals surface area contributed by atoms with Crippen LogP contribution in [0.4, 0.5) is 21.5 Å². The van der Waals surface area contributed by atoms with Crippen molar-refractivity contribution in [3.05, 3.63) is 89.9 Å². The normalized spacial score (nSPS) is 13.4. The number of nitrogens with zero attached hydrogens (tertiary/aromatic N) is 1. The molecule has 0 spiro atoms. The number of ether oxygens (including phenoxy) is 1. The summed E-state index contributed by atoms with van der Waals surface area (Å²) in [5, 5.41) is 5.66. The topological polar surface area (TPSA) is 87.7 Å². The maximum absolute atomic E-state index is 14.5. The van der Waals surface area contributed by atoms with Gasteiger partial charge in [0.1, 0.15) is 17.3 Å². The second-order valence-electron chi connectivity index (χ2n) is 7.26. The van der Waals surface area contributed by atoms with E-state index in [2.05, 4.69) is 10.6 Å². The Morgan fingerprint density at radius 1 is 0.879 bits per heavy atom. The van der Waals surface area contributed by atoms with Crippen LogP contribution in [0.2, 0.25) is 0 Å². The number of benzene rings is 3. The number of nitrogens with one attached hydrogen (secondary N) is 2. The molecule has 0 bridgehead atoms. The quantitative estimate of drug-likeness (QED) is 0.556. The van der Waals surface area contributed by atoms with Gasteiger partial charge in [-0.05, 0) is 54.1 Å². The first kappa shape index (κ1) is 21.8. The van der Waals surface area contributed by atoms with Crippen molar-refractivity contribution in [3.63, 3.8) is 0 Å². The van der Waals surface area contributed by atoms with Gasteiger partial charge in [-0.3, -0.25) is 14.4 Å². The van der Waals surface area contributed by atoms with Gasteiger partial charge in [-0.2, -0.15) is 0 Å². The van der Waals surface area contributed by atoms with E-state index in [4.69, 9.17) is 4.74 Å². The third kappa shape index (κ3) is 4.31. The van der Waals surface area contributed by atoms with Gasteiger partial charge >= 0.3 is 0 Å². The number of imide groups is 1. The molecule has 1 aliphatic rings. The monoisotopic (exact) mass is 445 g/mol. The molecule has 0 fully saturated rings. The van der Waals surface area contributed by atoms with Crippen LogP contribution in [0.3, 0.4) is 0 Å². The summed E-state index contributed by atoms with van der Waals surface area (Å²) in [4.78, 5) is 38.8. The number of halogens is 1. The highest BCUT2D eigenvalue weighted by atomic mass is 19.1. The van der Waals surface area contributed by atoms with Crippen LogP contribution in [0.1, 0.15) is 12.5 Å². The van der Waals surface area contributed by atoms with Crippen molar-refractivity contribution < 1.29 is 23.5 Å². The number of carbonyl (C=O) groups excluding carboxylic acids is 3. The van der Waals surface area contributed by atoms with Crippen LogP contribution in [-0.2, 0) is 14.4 Å². The molecule has 3 aromatic rings. The van der Waals surface area contributed by atoms with Crippen LogP contribution in [0.25, 0.3) is 5.57 Å². The van der Waals surface area contributed by atoms with Crippen molar-refractivity contribution in [2.75, 3.05) is 22.6 Å². The number of carbonyl (C=O) groups is 3. The maximum Gasteiger partial charge on any atom is 0.282 e.